The highest BCUT2D eigenvalue weighted by Gasteiger charge is 2.13. The van der Waals surface area contributed by atoms with Crippen molar-refractivity contribution in [1.29, 1.82) is 0 Å². The van der Waals surface area contributed by atoms with Gasteiger partial charge in [0.15, 0.2) is 5.58 Å². The standard InChI is InChI=1S/C7H7N3O4S/c8-4-1-3(15(9,12)13)2-5-6(4)10-7(11)14-5/h1-2H,8H2,(H,10,11)(H2,9,12,13). The van der Waals surface area contributed by atoms with Crippen molar-refractivity contribution in [3.63, 3.8) is 0 Å². The van der Waals surface area contributed by atoms with Crippen molar-refractivity contribution in [3.05, 3.63) is 22.7 Å². The highest BCUT2D eigenvalue weighted by atomic mass is 32.2. The second-order valence-electron chi connectivity index (χ2n) is 2.95. The number of nitrogens with one attached hydrogen (secondary N) is 1. The molecule has 0 saturated carbocycles. The van der Waals surface area contributed by atoms with E-state index in [-0.39, 0.29) is 21.7 Å². The summed E-state index contributed by atoms with van der Waals surface area (Å²) in [6.07, 6.45) is 0. The van der Waals surface area contributed by atoms with Crippen LogP contribution in [0.5, 0.6) is 0 Å². The smallest absolute Gasteiger partial charge is 0.408 e. The number of sulfonamides is 1. The molecule has 0 spiro atoms. The van der Waals surface area contributed by atoms with Crippen molar-refractivity contribution in [2.24, 2.45) is 5.14 Å². The van der Waals surface area contributed by atoms with Gasteiger partial charge in [0.25, 0.3) is 0 Å². The molecule has 0 bridgehead atoms. The van der Waals surface area contributed by atoms with Gasteiger partial charge >= 0.3 is 5.76 Å². The zero-order valence-corrected chi connectivity index (χ0v) is 8.17. The Labute approximate surface area is 83.7 Å². The van der Waals surface area contributed by atoms with Crippen LogP contribution >= 0.6 is 0 Å². The lowest BCUT2D eigenvalue weighted by Crippen LogP contribution is -2.12. The van der Waals surface area contributed by atoms with Crippen molar-refractivity contribution >= 4 is 26.8 Å². The summed E-state index contributed by atoms with van der Waals surface area (Å²) in [6, 6.07) is 2.29. The maximum atomic E-state index is 11.0. The minimum absolute atomic E-state index is 0.0593. The molecule has 0 fully saturated rings. The summed E-state index contributed by atoms with van der Waals surface area (Å²) in [4.78, 5) is 13.0. The van der Waals surface area contributed by atoms with Crippen LogP contribution in [0.1, 0.15) is 0 Å². The number of aromatic amines is 1. The number of nitrogens with two attached hydrogens (primary N) is 2. The Morgan fingerprint density at radius 1 is 1.33 bits per heavy atom. The number of primary sulfonamides is 1. The Kier molecular flexibility index (Phi) is 1.85. The summed E-state index contributed by atoms with van der Waals surface area (Å²) in [7, 11) is -3.86. The number of H-pyrrole nitrogens is 1. The summed E-state index contributed by atoms with van der Waals surface area (Å²) >= 11 is 0. The molecule has 0 saturated heterocycles. The van der Waals surface area contributed by atoms with Crippen molar-refractivity contribution in [3.8, 4) is 0 Å². The zero-order valence-electron chi connectivity index (χ0n) is 7.35. The van der Waals surface area contributed by atoms with Crippen LogP contribution in [0.4, 0.5) is 5.69 Å². The fraction of sp³-hybridized carbons (Fsp3) is 0. The van der Waals surface area contributed by atoms with Crippen LogP contribution in [0.2, 0.25) is 0 Å². The molecule has 1 aromatic carbocycles. The summed E-state index contributed by atoms with van der Waals surface area (Å²) in [5.74, 6) is -0.705. The third-order valence-corrected chi connectivity index (χ3v) is 2.76. The van der Waals surface area contributed by atoms with Gasteiger partial charge in [0.2, 0.25) is 10.0 Å². The Balaban J connectivity index is 2.89. The second kappa shape index (κ2) is 2.84. The van der Waals surface area contributed by atoms with Gasteiger partial charge in [0.1, 0.15) is 5.52 Å². The monoisotopic (exact) mass is 229 g/mol. The Bertz CT molecular complexity index is 682. The third kappa shape index (κ3) is 1.60. The number of hydrogen-bond donors (Lipinski definition) is 3. The van der Waals surface area contributed by atoms with Gasteiger partial charge in [-0.05, 0) is 6.07 Å². The molecular formula is C7H7N3O4S. The van der Waals surface area contributed by atoms with E-state index >= 15 is 0 Å². The van der Waals surface area contributed by atoms with Crippen LogP contribution in [0, 0.1) is 0 Å². The predicted octanol–water partition coefficient (Wildman–Crippen LogP) is -0.649. The van der Waals surface area contributed by atoms with Gasteiger partial charge in [-0.25, -0.2) is 18.4 Å². The van der Waals surface area contributed by atoms with E-state index < -0.39 is 15.8 Å². The highest BCUT2D eigenvalue weighted by molar-refractivity contribution is 7.89. The first-order chi connectivity index (χ1) is 6.88. The van der Waals surface area contributed by atoms with Gasteiger partial charge in [0.05, 0.1) is 10.6 Å². The number of fused-ring (bicyclic) bond motifs is 1. The SMILES string of the molecule is Nc1cc(S(N)(=O)=O)cc2oc(=O)[nH]c12. The fourth-order valence-electron chi connectivity index (χ4n) is 1.22. The third-order valence-electron chi connectivity index (χ3n) is 1.86. The van der Waals surface area contributed by atoms with Gasteiger partial charge in [-0.2, -0.15) is 0 Å². The molecular weight excluding hydrogens is 222 g/mol. The number of aromatic nitrogens is 1. The van der Waals surface area contributed by atoms with Crippen LogP contribution in [0.15, 0.2) is 26.2 Å². The van der Waals surface area contributed by atoms with E-state index in [2.05, 4.69) is 9.40 Å². The quantitative estimate of drug-likeness (QED) is 0.559. The molecule has 5 N–H and O–H groups in total. The first kappa shape index (κ1) is 9.74. The lowest BCUT2D eigenvalue weighted by molar-refractivity contribution is 0.554. The zero-order chi connectivity index (χ0) is 11.2. The van der Waals surface area contributed by atoms with Crippen molar-refractivity contribution < 1.29 is 12.8 Å². The molecule has 0 aliphatic heterocycles. The van der Waals surface area contributed by atoms with Crippen LogP contribution in [-0.2, 0) is 10.0 Å². The second-order valence-corrected chi connectivity index (χ2v) is 4.51. The topological polar surface area (TPSA) is 132 Å². The van der Waals surface area contributed by atoms with Crippen LogP contribution in [-0.4, -0.2) is 13.4 Å². The van der Waals surface area contributed by atoms with E-state index in [9.17, 15) is 13.2 Å². The molecule has 1 aromatic heterocycles. The first-order valence-corrected chi connectivity index (χ1v) is 5.38. The molecule has 0 aliphatic carbocycles. The minimum Gasteiger partial charge on any atom is -0.408 e. The Morgan fingerprint density at radius 2 is 2.00 bits per heavy atom. The molecule has 0 atom stereocenters. The molecule has 15 heavy (non-hydrogen) atoms. The summed E-state index contributed by atoms with van der Waals surface area (Å²) < 4.78 is 26.7. The van der Waals surface area contributed by atoms with E-state index in [4.69, 9.17) is 10.9 Å². The number of rotatable bonds is 1. The van der Waals surface area contributed by atoms with E-state index in [0.717, 1.165) is 12.1 Å². The van der Waals surface area contributed by atoms with E-state index in [0.29, 0.717) is 0 Å². The van der Waals surface area contributed by atoms with Crippen LogP contribution in [0.25, 0.3) is 11.1 Å². The molecule has 0 unspecified atom stereocenters. The molecule has 7 nitrogen and oxygen atoms in total. The highest BCUT2D eigenvalue weighted by Crippen LogP contribution is 2.22. The Hall–Kier alpha value is -1.80. The van der Waals surface area contributed by atoms with Gasteiger partial charge in [-0.3, -0.25) is 4.98 Å². The van der Waals surface area contributed by atoms with E-state index in [1.165, 1.54) is 0 Å². The average molecular weight is 229 g/mol. The van der Waals surface area contributed by atoms with Gasteiger partial charge in [-0.1, -0.05) is 0 Å². The van der Waals surface area contributed by atoms with E-state index in [1.807, 2.05) is 0 Å². The maximum absolute atomic E-state index is 11.0. The number of hydrogen-bond acceptors (Lipinski definition) is 5. The van der Waals surface area contributed by atoms with Crippen molar-refractivity contribution in [1.82, 2.24) is 4.98 Å². The normalized spacial score (nSPS) is 12.1. The number of nitrogen functional groups attached to an aromatic ring is 1. The molecule has 0 radical (unpaired) electrons. The molecule has 0 amide bonds. The number of oxazole rings is 1. The van der Waals surface area contributed by atoms with Crippen molar-refractivity contribution in [2.75, 3.05) is 5.73 Å². The largest absolute Gasteiger partial charge is 0.417 e. The lowest BCUT2D eigenvalue weighted by Gasteiger charge is -1.99. The summed E-state index contributed by atoms with van der Waals surface area (Å²) in [5.41, 5.74) is 5.92. The fourth-order valence-corrected chi connectivity index (χ4v) is 1.78. The van der Waals surface area contributed by atoms with Crippen LogP contribution < -0.4 is 16.6 Å². The molecule has 8 heteroatoms. The molecule has 1 heterocycles. The van der Waals surface area contributed by atoms with Crippen molar-refractivity contribution in [2.45, 2.75) is 4.90 Å². The van der Waals surface area contributed by atoms with Gasteiger partial charge in [0, 0.05) is 6.07 Å². The molecule has 0 aliphatic rings. The van der Waals surface area contributed by atoms with Gasteiger partial charge < -0.3 is 10.2 Å². The molecule has 80 valence electrons. The average Bonchev–Trinajstić information content (AvgIpc) is 2.44. The number of benzene rings is 1. The first-order valence-electron chi connectivity index (χ1n) is 3.83. The Morgan fingerprint density at radius 3 is 2.60 bits per heavy atom. The number of anilines is 1. The predicted molar refractivity (Wildman–Crippen MR) is 52.6 cm³/mol. The van der Waals surface area contributed by atoms with E-state index in [1.54, 1.807) is 0 Å². The lowest BCUT2D eigenvalue weighted by atomic mass is 10.3. The van der Waals surface area contributed by atoms with Gasteiger partial charge in [-0.15, -0.1) is 0 Å². The maximum Gasteiger partial charge on any atom is 0.417 e. The minimum atomic E-state index is -3.86. The molecule has 2 aromatic rings. The van der Waals surface area contributed by atoms with Crippen LogP contribution in [0.3, 0.4) is 0 Å². The molecule has 2 rings (SSSR count). The summed E-state index contributed by atoms with van der Waals surface area (Å²) in [6.45, 7) is 0. The summed E-state index contributed by atoms with van der Waals surface area (Å²) in [5, 5.41) is 4.91.